The molecule has 0 unspecified atom stereocenters. The number of morpholine rings is 1. The van der Waals surface area contributed by atoms with Crippen LogP contribution >= 0.6 is 0 Å². The molecular formula is C19H30N4O3. The Morgan fingerprint density at radius 3 is 2.38 bits per heavy atom. The van der Waals surface area contributed by atoms with Crippen molar-refractivity contribution >= 4 is 17.5 Å². The monoisotopic (exact) mass is 362 g/mol. The molecule has 1 aliphatic rings. The quantitative estimate of drug-likeness (QED) is 0.703. The number of benzene rings is 1. The lowest BCUT2D eigenvalue weighted by molar-refractivity contribution is -0.119. The molecule has 7 nitrogen and oxygen atoms in total. The molecule has 26 heavy (non-hydrogen) atoms. The average Bonchev–Trinajstić information content (AvgIpc) is 2.61. The smallest absolute Gasteiger partial charge is 0.251 e. The molecule has 2 amide bonds. The Kier molecular flexibility index (Phi) is 7.14. The third-order valence-corrected chi connectivity index (χ3v) is 4.45. The third-order valence-electron chi connectivity index (χ3n) is 4.45. The number of rotatable bonds is 6. The van der Waals surface area contributed by atoms with Crippen molar-refractivity contribution < 1.29 is 14.3 Å². The zero-order valence-electron chi connectivity index (χ0n) is 15.9. The normalized spacial score (nSPS) is 16.8. The summed E-state index contributed by atoms with van der Waals surface area (Å²) in [6.45, 7) is 10.5. The maximum atomic E-state index is 12.2. The summed E-state index contributed by atoms with van der Waals surface area (Å²) in [6.07, 6.45) is 0. The van der Waals surface area contributed by atoms with Crippen LogP contribution in [0.4, 0.5) is 5.69 Å². The highest BCUT2D eigenvalue weighted by Gasteiger charge is 2.27. The van der Waals surface area contributed by atoms with Crippen LogP contribution in [0, 0.1) is 5.41 Å². The number of amides is 2. The summed E-state index contributed by atoms with van der Waals surface area (Å²) in [7, 11) is 0. The Bertz CT molecular complexity index is 604. The first kappa shape index (κ1) is 20.4. The largest absolute Gasteiger partial charge is 0.379 e. The van der Waals surface area contributed by atoms with Gasteiger partial charge in [0.2, 0.25) is 5.91 Å². The number of nitrogens with one attached hydrogen (secondary N) is 2. The molecular weight excluding hydrogens is 332 g/mol. The molecule has 1 heterocycles. The Balaban J connectivity index is 1.80. The highest BCUT2D eigenvalue weighted by atomic mass is 16.5. The van der Waals surface area contributed by atoms with E-state index in [0.717, 1.165) is 32.8 Å². The van der Waals surface area contributed by atoms with E-state index >= 15 is 0 Å². The van der Waals surface area contributed by atoms with Gasteiger partial charge in [0.25, 0.3) is 5.91 Å². The molecule has 1 saturated heterocycles. The van der Waals surface area contributed by atoms with E-state index in [-0.39, 0.29) is 17.2 Å². The van der Waals surface area contributed by atoms with Gasteiger partial charge in [-0.05, 0) is 29.7 Å². The van der Waals surface area contributed by atoms with Gasteiger partial charge in [0, 0.05) is 37.4 Å². The number of hydrogen-bond acceptors (Lipinski definition) is 5. The fraction of sp³-hybridized carbons (Fsp3) is 0.579. The third kappa shape index (κ3) is 6.09. The number of carbonyl (C=O) groups excluding carboxylic acids is 2. The molecule has 2 rings (SSSR count). The minimum atomic E-state index is -0.606. The Morgan fingerprint density at radius 2 is 1.81 bits per heavy atom. The summed E-state index contributed by atoms with van der Waals surface area (Å²) in [5.41, 5.74) is 6.82. The highest BCUT2D eigenvalue weighted by molar-refractivity contribution is 5.97. The second-order valence-corrected chi connectivity index (χ2v) is 7.62. The molecule has 1 aromatic rings. The molecule has 144 valence electrons. The highest BCUT2D eigenvalue weighted by Crippen LogP contribution is 2.19. The fourth-order valence-electron chi connectivity index (χ4n) is 2.57. The van der Waals surface area contributed by atoms with E-state index in [0.29, 0.717) is 17.8 Å². The van der Waals surface area contributed by atoms with Gasteiger partial charge in [0.15, 0.2) is 0 Å². The van der Waals surface area contributed by atoms with Crippen LogP contribution in [-0.2, 0) is 9.53 Å². The molecule has 1 fully saturated rings. The number of hydrogen-bond donors (Lipinski definition) is 3. The molecule has 0 spiro atoms. The van der Waals surface area contributed by atoms with Crippen LogP contribution in [0.2, 0.25) is 0 Å². The molecule has 0 aliphatic carbocycles. The number of carbonyl (C=O) groups is 2. The molecule has 1 aliphatic heterocycles. The maximum absolute atomic E-state index is 12.2. The second kappa shape index (κ2) is 9.12. The van der Waals surface area contributed by atoms with Crippen molar-refractivity contribution in [2.45, 2.75) is 26.8 Å². The SMILES string of the molecule is CC(C)(C)[C@H](N)C(=O)Nc1ccc(C(=O)NCCN2CCOCC2)cc1. The standard InChI is InChI=1S/C19H30N4O3/c1-19(2,3)16(20)18(25)22-15-6-4-14(5-7-15)17(24)21-8-9-23-10-12-26-13-11-23/h4-7,16H,8-13,20H2,1-3H3,(H,21,24)(H,22,25)/t16-/m1/s1. The van der Waals surface area contributed by atoms with E-state index in [1.165, 1.54) is 0 Å². The number of ether oxygens (including phenoxy) is 1. The van der Waals surface area contributed by atoms with Gasteiger partial charge >= 0.3 is 0 Å². The lowest BCUT2D eigenvalue weighted by Gasteiger charge is -2.26. The minimum Gasteiger partial charge on any atom is -0.379 e. The van der Waals surface area contributed by atoms with Gasteiger partial charge in [0.1, 0.15) is 0 Å². The van der Waals surface area contributed by atoms with E-state index in [9.17, 15) is 9.59 Å². The summed E-state index contributed by atoms with van der Waals surface area (Å²) in [5.74, 6) is -0.359. The number of nitrogens with two attached hydrogens (primary N) is 1. The fourth-order valence-corrected chi connectivity index (χ4v) is 2.57. The molecule has 0 aromatic heterocycles. The summed E-state index contributed by atoms with van der Waals surface area (Å²) in [4.78, 5) is 26.6. The van der Waals surface area contributed by atoms with Crippen LogP contribution < -0.4 is 16.4 Å². The summed E-state index contributed by atoms with van der Waals surface area (Å²) in [5, 5.41) is 5.70. The van der Waals surface area contributed by atoms with Gasteiger partial charge < -0.3 is 21.1 Å². The van der Waals surface area contributed by atoms with Crippen LogP contribution in [0.5, 0.6) is 0 Å². The summed E-state index contributed by atoms with van der Waals surface area (Å²) < 4.78 is 5.30. The van der Waals surface area contributed by atoms with Crippen molar-refractivity contribution in [3.8, 4) is 0 Å². The number of nitrogens with zero attached hydrogens (tertiary/aromatic N) is 1. The predicted molar refractivity (Wildman–Crippen MR) is 102 cm³/mol. The lowest BCUT2D eigenvalue weighted by atomic mass is 9.87. The average molecular weight is 362 g/mol. The van der Waals surface area contributed by atoms with Gasteiger partial charge in [0.05, 0.1) is 19.3 Å². The molecule has 0 saturated carbocycles. The topological polar surface area (TPSA) is 96.7 Å². The zero-order chi connectivity index (χ0) is 19.2. The zero-order valence-corrected chi connectivity index (χ0v) is 15.9. The molecule has 0 bridgehead atoms. The minimum absolute atomic E-state index is 0.123. The van der Waals surface area contributed by atoms with Gasteiger partial charge in [-0.2, -0.15) is 0 Å². The van der Waals surface area contributed by atoms with E-state index in [1.807, 2.05) is 20.8 Å². The molecule has 7 heteroatoms. The second-order valence-electron chi connectivity index (χ2n) is 7.62. The molecule has 1 atom stereocenters. The first-order chi connectivity index (χ1) is 12.3. The maximum Gasteiger partial charge on any atom is 0.251 e. The molecule has 1 aromatic carbocycles. The van der Waals surface area contributed by atoms with Crippen molar-refractivity contribution in [2.75, 3.05) is 44.7 Å². The van der Waals surface area contributed by atoms with Crippen molar-refractivity contribution in [1.29, 1.82) is 0 Å². The van der Waals surface area contributed by atoms with Crippen LogP contribution in [0.1, 0.15) is 31.1 Å². The van der Waals surface area contributed by atoms with Gasteiger partial charge in [-0.1, -0.05) is 20.8 Å². The first-order valence-electron chi connectivity index (χ1n) is 9.02. The van der Waals surface area contributed by atoms with Gasteiger partial charge in [-0.15, -0.1) is 0 Å². The Labute approximate surface area is 155 Å². The van der Waals surface area contributed by atoms with Crippen LogP contribution in [0.25, 0.3) is 0 Å². The van der Waals surface area contributed by atoms with Crippen LogP contribution in [0.15, 0.2) is 24.3 Å². The Hall–Kier alpha value is -1.96. The van der Waals surface area contributed by atoms with Gasteiger partial charge in [-0.25, -0.2) is 0 Å². The van der Waals surface area contributed by atoms with Gasteiger partial charge in [-0.3, -0.25) is 14.5 Å². The Morgan fingerprint density at radius 1 is 1.19 bits per heavy atom. The predicted octanol–water partition coefficient (Wildman–Crippen LogP) is 1.06. The van der Waals surface area contributed by atoms with E-state index < -0.39 is 6.04 Å². The van der Waals surface area contributed by atoms with E-state index in [1.54, 1.807) is 24.3 Å². The molecule has 4 N–H and O–H groups in total. The summed E-state index contributed by atoms with van der Waals surface area (Å²) in [6, 6.07) is 6.21. The molecule has 0 radical (unpaired) electrons. The number of anilines is 1. The van der Waals surface area contributed by atoms with Crippen LogP contribution in [0.3, 0.4) is 0 Å². The lowest BCUT2D eigenvalue weighted by Crippen LogP contribution is -2.45. The summed E-state index contributed by atoms with van der Waals surface area (Å²) >= 11 is 0. The van der Waals surface area contributed by atoms with Crippen molar-refractivity contribution in [3.05, 3.63) is 29.8 Å². The van der Waals surface area contributed by atoms with E-state index in [2.05, 4.69) is 15.5 Å². The van der Waals surface area contributed by atoms with Crippen molar-refractivity contribution in [3.63, 3.8) is 0 Å². The van der Waals surface area contributed by atoms with E-state index in [4.69, 9.17) is 10.5 Å². The first-order valence-corrected chi connectivity index (χ1v) is 9.02. The van der Waals surface area contributed by atoms with Crippen LogP contribution in [-0.4, -0.2) is 62.1 Å². The van der Waals surface area contributed by atoms with Crippen molar-refractivity contribution in [1.82, 2.24) is 10.2 Å². The van der Waals surface area contributed by atoms with Crippen molar-refractivity contribution in [2.24, 2.45) is 11.1 Å².